The summed E-state index contributed by atoms with van der Waals surface area (Å²) in [5.74, 6) is -0.157. The molecule has 0 bridgehead atoms. The van der Waals surface area contributed by atoms with Gasteiger partial charge in [-0.2, -0.15) is 0 Å². The zero-order valence-electron chi connectivity index (χ0n) is 14.0. The fourth-order valence-corrected chi connectivity index (χ4v) is 4.47. The van der Waals surface area contributed by atoms with E-state index in [9.17, 15) is 4.79 Å². The van der Waals surface area contributed by atoms with Crippen LogP contribution in [-0.2, 0) is 0 Å². The van der Waals surface area contributed by atoms with E-state index >= 15 is 0 Å². The van der Waals surface area contributed by atoms with Crippen LogP contribution in [0.4, 0.5) is 10.8 Å². The molecule has 25 heavy (non-hydrogen) atoms. The van der Waals surface area contributed by atoms with Crippen molar-refractivity contribution >= 4 is 59.8 Å². The molecule has 126 valence electrons. The number of fused-ring (bicyclic) bond motifs is 3. The van der Waals surface area contributed by atoms with Crippen molar-refractivity contribution in [1.29, 1.82) is 0 Å². The summed E-state index contributed by atoms with van der Waals surface area (Å²) in [5, 5.41) is 4.52. The Morgan fingerprint density at radius 3 is 2.52 bits per heavy atom. The number of aryl methyl sites for hydroxylation is 1. The predicted octanol–water partition coefficient (Wildman–Crippen LogP) is 4.53. The first-order valence-corrected chi connectivity index (χ1v) is 9.40. The molecular weight excluding hydrogens is 352 g/mol. The molecule has 1 amide bonds. The third-order valence-corrected chi connectivity index (χ3v) is 5.82. The lowest BCUT2D eigenvalue weighted by molar-refractivity contribution is 0.102. The molecule has 5 nitrogen and oxygen atoms in total. The Morgan fingerprint density at radius 1 is 1.04 bits per heavy atom. The van der Waals surface area contributed by atoms with Crippen LogP contribution in [0.1, 0.15) is 15.4 Å². The second-order valence-corrected chi connectivity index (χ2v) is 8.14. The zero-order chi connectivity index (χ0) is 17.6. The molecule has 0 fully saturated rings. The molecule has 4 aromatic rings. The Labute approximate surface area is 153 Å². The highest BCUT2D eigenvalue weighted by Crippen LogP contribution is 2.34. The van der Waals surface area contributed by atoms with Gasteiger partial charge in [0, 0.05) is 25.3 Å². The van der Waals surface area contributed by atoms with Crippen LogP contribution in [0.3, 0.4) is 0 Å². The lowest BCUT2D eigenvalue weighted by Crippen LogP contribution is -2.13. The topological polar surface area (TPSA) is 58.1 Å². The number of nitrogens with one attached hydrogen (secondary N) is 1. The molecule has 0 aliphatic carbocycles. The monoisotopic (exact) mass is 368 g/mol. The van der Waals surface area contributed by atoms with E-state index in [1.165, 1.54) is 11.3 Å². The maximum atomic E-state index is 12.5. The number of thiazole rings is 2. The van der Waals surface area contributed by atoms with Gasteiger partial charge in [0.2, 0.25) is 0 Å². The Hall–Kier alpha value is -2.51. The van der Waals surface area contributed by atoms with Gasteiger partial charge < -0.3 is 4.90 Å². The minimum atomic E-state index is -0.157. The molecule has 0 unspecified atom stereocenters. The summed E-state index contributed by atoms with van der Waals surface area (Å²) in [7, 11) is 3.94. The largest absolute Gasteiger partial charge is 0.378 e. The van der Waals surface area contributed by atoms with Crippen molar-refractivity contribution in [3.63, 3.8) is 0 Å². The third kappa shape index (κ3) is 2.96. The van der Waals surface area contributed by atoms with Crippen LogP contribution in [0, 0.1) is 6.92 Å². The van der Waals surface area contributed by atoms with Gasteiger partial charge in [-0.3, -0.25) is 10.1 Å². The highest BCUT2D eigenvalue weighted by atomic mass is 32.1. The van der Waals surface area contributed by atoms with Gasteiger partial charge in [0.15, 0.2) is 5.13 Å². The quantitative estimate of drug-likeness (QED) is 0.577. The van der Waals surface area contributed by atoms with Gasteiger partial charge in [-0.05, 0) is 43.3 Å². The number of hydrogen-bond acceptors (Lipinski definition) is 6. The number of benzene rings is 2. The maximum absolute atomic E-state index is 12.5. The lowest BCUT2D eigenvalue weighted by atomic mass is 10.2. The van der Waals surface area contributed by atoms with Gasteiger partial charge >= 0.3 is 0 Å². The number of rotatable bonds is 3. The zero-order valence-corrected chi connectivity index (χ0v) is 15.7. The summed E-state index contributed by atoms with van der Waals surface area (Å²) >= 11 is 3.13. The third-order valence-electron chi connectivity index (χ3n) is 3.89. The van der Waals surface area contributed by atoms with E-state index < -0.39 is 0 Å². The van der Waals surface area contributed by atoms with E-state index in [1.807, 2.05) is 62.3 Å². The molecule has 0 saturated heterocycles. The average Bonchev–Trinajstić information content (AvgIpc) is 3.16. The van der Waals surface area contributed by atoms with E-state index in [0.29, 0.717) is 10.7 Å². The Kier molecular flexibility index (Phi) is 3.89. The number of hydrogen-bond donors (Lipinski definition) is 1. The van der Waals surface area contributed by atoms with E-state index in [-0.39, 0.29) is 5.91 Å². The summed E-state index contributed by atoms with van der Waals surface area (Å²) in [5.41, 5.74) is 3.49. The van der Waals surface area contributed by atoms with Gasteiger partial charge in [0.1, 0.15) is 5.52 Å². The van der Waals surface area contributed by atoms with Gasteiger partial charge in [-0.15, -0.1) is 11.3 Å². The summed E-state index contributed by atoms with van der Waals surface area (Å²) in [6.07, 6.45) is 0. The Morgan fingerprint density at radius 2 is 1.80 bits per heavy atom. The van der Waals surface area contributed by atoms with Crippen LogP contribution in [0.5, 0.6) is 0 Å². The van der Waals surface area contributed by atoms with Crippen molar-refractivity contribution < 1.29 is 4.79 Å². The van der Waals surface area contributed by atoms with Crippen LogP contribution in [0.25, 0.3) is 20.4 Å². The van der Waals surface area contributed by atoms with Gasteiger partial charge in [-0.1, -0.05) is 11.3 Å². The molecule has 1 N–H and O–H groups in total. The molecule has 0 spiro atoms. The van der Waals surface area contributed by atoms with Crippen molar-refractivity contribution in [2.75, 3.05) is 24.3 Å². The molecular formula is C18H16N4OS2. The summed E-state index contributed by atoms with van der Waals surface area (Å²) in [6, 6.07) is 11.5. The van der Waals surface area contributed by atoms with Crippen LogP contribution in [0.2, 0.25) is 0 Å². The van der Waals surface area contributed by atoms with E-state index in [0.717, 1.165) is 31.1 Å². The SMILES string of the molecule is Cc1nc2c(ccc3nc(NC(=O)c4ccc(N(C)C)cc4)sc32)s1. The average molecular weight is 368 g/mol. The van der Waals surface area contributed by atoms with Crippen molar-refractivity contribution in [3.8, 4) is 0 Å². The molecule has 0 aliphatic heterocycles. The molecule has 0 radical (unpaired) electrons. The smallest absolute Gasteiger partial charge is 0.257 e. The minimum absolute atomic E-state index is 0.157. The van der Waals surface area contributed by atoms with Gasteiger partial charge in [0.25, 0.3) is 5.91 Å². The highest BCUT2D eigenvalue weighted by Gasteiger charge is 2.13. The number of amides is 1. The summed E-state index contributed by atoms with van der Waals surface area (Å²) in [6.45, 7) is 2.00. The minimum Gasteiger partial charge on any atom is -0.378 e. The molecule has 2 aromatic heterocycles. The van der Waals surface area contributed by atoms with Crippen LogP contribution in [-0.4, -0.2) is 30.0 Å². The fourth-order valence-electron chi connectivity index (χ4n) is 2.62. The van der Waals surface area contributed by atoms with Crippen molar-refractivity contribution in [2.45, 2.75) is 6.92 Å². The van der Waals surface area contributed by atoms with Gasteiger partial charge in [0.05, 0.1) is 19.9 Å². The lowest BCUT2D eigenvalue weighted by Gasteiger charge is -2.12. The second-order valence-electron chi connectivity index (χ2n) is 5.91. The first-order chi connectivity index (χ1) is 12.0. The summed E-state index contributed by atoms with van der Waals surface area (Å²) in [4.78, 5) is 23.6. The molecule has 0 atom stereocenters. The van der Waals surface area contributed by atoms with Crippen LogP contribution in [0.15, 0.2) is 36.4 Å². The van der Waals surface area contributed by atoms with E-state index in [1.54, 1.807) is 11.3 Å². The van der Waals surface area contributed by atoms with Crippen molar-refractivity contribution in [1.82, 2.24) is 9.97 Å². The normalized spacial score (nSPS) is 11.2. The van der Waals surface area contributed by atoms with E-state index in [4.69, 9.17) is 0 Å². The number of anilines is 2. The number of carbonyl (C=O) groups is 1. The predicted molar refractivity (Wildman–Crippen MR) is 106 cm³/mol. The Bertz CT molecular complexity index is 1080. The van der Waals surface area contributed by atoms with Gasteiger partial charge in [-0.25, -0.2) is 9.97 Å². The number of carbonyl (C=O) groups excluding carboxylic acids is 1. The van der Waals surface area contributed by atoms with Crippen LogP contribution < -0.4 is 10.2 Å². The standard InChI is InChI=1S/C18H16N4OS2/c1-10-19-15-14(24-10)9-8-13-16(15)25-18(20-13)21-17(23)11-4-6-12(7-5-11)22(2)3/h4-9H,1-3H3,(H,20,21,23). The molecule has 2 heterocycles. The van der Waals surface area contributed by atoms with Crippen LogP contribution >= 0.6 is 22.7 Å². The summed E-state index contributed by atoms with van der Waals surface area (Å²) < 4.78 is 2.16. The fraction of sp³-hybridized carbons (Fsp3) is 0.167. The van der Waals surface area contributed by atoms with E-state index in [2.05, 4.69) is 15.3 Å². The molecule has 7 heteroatoms. The second kappa shape index (κ2) is 6.09. The number of aromatic nitrogens is 2. The molecule has 4 rings (SSSR count). The maximum Gasteiger partial charge on any atom is 0.257 e. The van der Waals surface area contributed by atoms with Crippen molar-refractivity contribution in [2.24, 2.45) is 0 Å². The Balaban J connectivity index is 1.63. The molecule has 0 saturated carbocycles. The first-order valence-electron chi connectivity index (χ1n) is 7.77. The molecule has 0 aliphatic rings. The first kappa shape index (κ1) is 16.0. The molecule has 2 aromatic carbocycles. The van der Waals surface area contributed by atoms with Crippen molar-refractivity contribution in [3.05, 3.63) is 47.0 Å². The highest BCUT2D eigenvalue weighted by molar-refractivity contribution is 7.24. The number of nitrogens with zero attached hydrogens (tertiary/aromatic N) is 3.